The van der Waals surface area contributed by atoms with Crippen LogP contribution < -0.4 is 10.1 Å². The highest BCUT2D eigenvalue weighted by atomic mass is 16.5. The molecule has 1 aliphatic heterocycles. The zero-order chi connectivity index (χ0) is 8.55. The third kappa shape index (κ3) is 0.942. The molecule has 62 valence electrons. The van der Waals surface area contributed by atoms with Crippen molar-refractivity contribution in [1.29, 1.82) is 0 Å². The Morgan fingerprint density at radius 3 is 3.08 bits per heavy atom. The van der Waals surface area contributed by atoms with Crippen molar-refractivity contribution in [3.05, 3.63) is 23.8 Å². The van der Waals surface area contributed by atoms with Crippen LogP contribution in [0.5, 0.6) is 5.75 Å². The Hall–Kier alpha value is -1.51. The van der Waals surface area contributed by atoms with Crippen LogP contribution in [0.25, 0.3) is 0 Å². The summed E-state index contributed by atoms with van der Waals surface area (Å²) >= 11 is 0. The molecule has 1 aromatic carbocycles. The minimum atomic E-state index is 0.0575. The molecule has 12 heavy (non-hydrogen) atoms. The van der Waals surface area contributed by atoms with Crippen molar-refractivity contribution in [3.63, 3.8) is 0 Å². The van der Waals surface area contributed by atoms with Crippen LogP contribution in [0, 0.1) is 0 Å². The summed E-state index contributed by atoms with van der Waals surface area (Å²) in [7, 11) is 1.82. The first-order chi connectivity index (χ1) is 5.81. The highest BCUT2D eigenvalue weighted by Crippen LogP contribution is 2.27. The molecule has 0 bridgehead atoms. The Labute approximate surface area is 70.3 Å². The maximum atomic E-state index is 11.2. The molecule has 0 aliphatic carbocycles. The molecule has 1 N–H and O–H groups in total. The molecule has 0 atom stereocenters. The van der Waals surface area contributed by atoms with Crippen LogP contribution in [0.1, 0.15) is 10.4 Å². The van der Waals surface area contributed by atoms with Gasteiger partial charge in [-0.2, -0.15) is 0 Å². The van der Waals surface area contributed by atoms with E-state index in [0.29, 0.717) is 11.3 Å². The molecule has 2 rings (SSSR count). The first-order valence-electron chi connectivity index (χ1n) is 3.79. The Kier molecular flexibility index (Phi) is 1.50. The minimum absolute atomic E-state index is 0.0575. The van der Waals surface area contributed by atoms with Crippen molar-refractivity contribution in [2.24, 2.45) is 0 Å². The summed E-state index contributed by atoms with van der Waals surface area (Å²) in [6.45, 7) is 0.183. The van der Waals surface area contributed by atoms with E-state index in [-0.39, 0.29) is 12.4 Å². The van der Waals surface area contributed by atoms with E-state index in [0.717, 1.165) is 5.69 Å². The minimum Gasteiger partial charge on any atom is -0.485 e. The summed E-state index contributed by atoms with van der Waals surface area (Å²) in [6.07, 6.45) is 0. The number of hydrogen-bond acceptors (Lipinski definition) is 3. The van der Waals surface area contributed by atoms with Gasteiger partial charge in [0.2, 0.25) is 5.78 Å². The largest absolute Gasteiger partial charge is 0.485 e. The summed E-state index contributed by atoms with van der Waals surface area (Å²) < 4.78 is 5.13. The summed E-state index contributed by atoms with van der Waals surface area (Å²) in [4.78, 5) is 11.2. The molecule has 0 amide bonds. The molecule has 0 unspecified atom stereocenters. The molecule has 3 heteroatoms. The monoisotopic (exact) mass is 163 g/mol. The van der Waals surface area contributed by atoms with Gasteiger partial charge < -0.3 is 10.1 Å². The maximum absolute atomic E-state index is 11.2. The fraction of sp³-hybridized carbons (Fsp3) is 0.222. The summed E-state index contributed by atoms with van der Waals surface area (Å²) in [6, 6.07) is 5.51. The van der Waals surface area contributed by atoms with E-state index in [9.17, 15) is 4.79 Å². The molecular weight excluding hydrogens is 154 g/mol. The van der Waals surface area contributed by atoms with Gasteiger partial charge in [-0.05, 0) is 18.2 Å². The van der Waals surface area contributed by atoms with E-state index < -0.39 is 0 Å². The number of ether oxygens (including phenoxy) is 1. The van der Waals surface area contributed by atoms with Crippen molar-refractivity contribution < 1.29 is 9.53 Å². The number of rotatable bonds is 1. The van der Waals surface area contributed by atoms with Gasteiger partial charge in [0, 0.05) is 12.7 Å². The second-order valence-corrected chi connectivity index (χ2v) is 2.67. The maximum Gasteiger partial charge on any atom is 0.203 e. The van der Waals surface area contributed by atoms with Crippen LogP contribution in [-0.4, -0.2) is 19.4 Å². The van der Waals surface area contributed by atoms with Crippen molar-refractivity contribution in [2.75, 3.05) is 19.0 Å². The molecule has 0 saturated carbocycles. The van der Waals surface area contributed by atoms with Crippen LogP contribution in [0.3, 0.4) is 0 Å². The lowest BCUT2D eigenvalue weighted by molar-refractivity contribution is 0.0961. The first-order valence-corrected chi connectivity index (χ1v) is 3.79. The molecule has 1 heterocycles. The van der Waals surface area contributed by atoms with Gasteiger partial charge in [-0.25, -0.2) is 0 Å². The zero-order valence-corrected chi connectivity index (χ0v) is 6.76. The number of hydrogen-bond donors (Lipinski definition) is 1. The van der Waals surface area contributed by atoms with E-state index in [2.05, 4.69) is 5.32 Å². The normalized spacial score (nSPS) is 13.9. The Bertz CT molecular complexity index is 333. The SMILES string of the molecule is CNc1ccc2c(c1)C(=O)CO2. The average Bonchev–Trinajstić information content (AvgIpc) is 2.47. The number of nitrogens with one attached hydrogen (secondary N) is 1. The third-order valence-electron chi connectivity index (χ3n) is 1.93. The van der Waals surface area contributed by atoms with Gasteiger partial charge in [0.05, 0.1) is 5.56 Å². The number of carbonyl (C=O) groups is 1. The smallest absolute Gasteiger partial charge is 0.203 e. The van der Waals surface area contributed by atoms with Gasteiger partial charge >= 0.3 is 0 Å². The fourth-order valence-corrected chi connectivity index (χ4v) is 1.25. The predicted molar refractivity (Wildman–Crippen MR) is 45.8 cm³/mol. The topological polar surface area (TPSA) is 38.3 Å². The standard InChI is InChI=1S/C9H9NO2/c1-10-6-2-3-9-7(4-6)8(11)5-12-9/h2-4,10H,5H2,1H3. The first kappa shape index (κ1) is 7.16. The Morgan fingerprint density at radius 1 is 1.50 bits per heavy atom. The van der Waals surface area contributed by atoms with E-state index in [1.807, 2.05) is 25.2 Å². The Morgan fingerprint density at radius 2 is 2.33 bits per heavy atom. The van der Waals surface area contributed by atoms with Crippen molar-refractivity contribution in [2.45, 2.75) is 0 Å². The van der Waals surface area contributed by atoms with Crippen molar-refractivity contribution >= 4 is 11.5 Å². The summed E-state index contributed by atoms with van der Waals surface area (Å²) in [5, 5.41) is 2.97. The molecule has 3 nitrogen and oxygen atoms in total. The molecule has 0 aromatic heterocycles. The van der Waals surface area contributed by atoms with Gasteiger partial charge in [0.25, 0.3) is 0 Å². The van der Waals surface area contributed by atoms with Crippen LogP contribution in [0.15, 0.2) is 18.2 Å². The summed E-state index contributed by atoms with van der Waals surface area (Å²) in [5.74, 6) is 0.751. The molecule has 0 spiro atoms. The molecule has 0 fully saturated rings. The molecule has 0 saturated heterocycles. The van der Waals surface area contributed by atoms with Gasteiger partial charge in [0.15, 0.2) is 6.61 Å². The van der Waals surface area contributed by atoms with E-state index in [4.69, 9.17) is 4.74 Å². The van der Waals surface area contributed by atoms with Crippen LogP contribution in [0.2, 0.25) is 0 Å². The average molecular weight is 163 g/mol. The second kappa shape index (κ2) is 2.52. The highest BCUT2D eigenvalue weighted by molar-refractivity contribution is 6.02. The molecule has 1 aliphatic rings. The van der Waals surface area contributed by atoms with Gasteiger partial charge in [-0.1, -0.05) is 0 Å². The van der Waals surface area contributed by atoms with E-state index in [1.54, 1.807) is 0 Å². The lowest BCUT2D eigenvalue weighted by Crippen LogP contribution is -1.99. The number of carbonyl (C=O) groups excluding carboxylic acids is 1. The van der Waals surface area contributed by atoms with Crippen molar-refractivity contribution in [1.82, 2.24) is 0 Å². The number of anilines is 1. The highest BCUT2D eigenvalue weighted by Gasteiger charge is 2.20. The second-order valence-electron chi connectivity index (χ2n) is 2.67. The number of benzene rings is 1. The van der Waals surface area contributed by atoms with Gasteiger partial charge in [-0.3, -0.25) is 4.79 Å². The number of fused-ring (bicyclic) bond motifs is 1. The number of ketones is 1. The zero-order valence-electron chi connectivity index (χ0n) is 6.76. The fourth-order valence-electron chi connectivity index (χ4n) is 1.25. The van der Waals surface area contributed by atoms with Crippen molar-refractivity contribution in [3.8, 4) is 5.75 Å². The molecular formula is C9H9NO2. The van der Waals surface area contributed by atoms with Gasteiger partial charge in [0.1, 0.15) is 5.75 Å². The Balaban J connectivity index is 2.50. The predicted octanol–water partition coefficient (Wildman–Crippen LogP) is 1.30. The van der Waals surface area contributed by atoms with Crippen LogP contribution in [0.4, 0.5) is 5.69 Å². The summed E-state index contributed by atoms with van der Waals surface area (Å²) in [5.41, 5.74) is 1.62. The lowest BCUT2D eigenvalue weighted by Gasteiger charge is -2.00. The van der Waals surface area contributed by atoms with Crippen LogP contribution in [-0.2, 0) is 0 Å². The van der Waals surface area contributed by atoms with Crippen LogP contribution >= 0.6 is 0 Å². The van der Waals surface area contributed by atoms with Gasteiger partial charge in [-0.15, -0.1) is 0 Å². The quantitative estimate of drug-likeness (QED) is 0.678. The van der Waals surface area contributed by atoms with E-state index >= 15 is 0 Å². The van der Waals surface area contributed by atoms with E-state index in [1.165, 1.54) is 0 Å². The molecule has 1 aromatic rings. The lowest BCUT2D eigenvalue weighted by atomic mass is 10.1. The third-order valence-corrected chi connectivity index (χ3v) is 1.93. The molecule has 0 radical (unpaired) electrons. The number of Topliss-reactive ketones (excluding diaryl/α,β-unsaturated/α-hetero) is 1.